The number of nitro groups is 1. The van der Waals surface area contributed by atoms with Gasteiger partial charge in [-0.2, -0.15) is 13.2 Å². The van der Waals surface area contributed by atoms with Crippen molar-refractivity contribution in [1.29, 1.82) is 0 Å². The molecule has 0 aromatic heterocycles. The van der Waals surface area contributed by atoms with Crippen molar-refractivity contribution >= 4 is 37.5 Å². The van der Waals surface area contributed by atoms with E-state index in [1.807, 2.05) is 0 Å². The van der Waals surface area contributed by atoms with Gasteiger partial charge in [0.15, 0.2) is 0 Å². The van der Waals surface area contributed by atoms with Gasteiger partial charge in [-0.05, 0) is 27.6 Å². The van der Waals surface area contributed by atoms with Gasteiger partial charge < -0.3 is 0 Å². The lowest BCUT2D eigenvalue weighted by atomic mass is 10.1. The molecule has 0 aliphatic heterocycles. The van der Waals surface area contributed by atoms with Gasteiger partial charge in [-0.1, -0.05) is 15.9 Å². The molecule has 1 aromatic carbocycles. The van der Waals surface area contributed by atoms with Crippen LogP contribution in [0, 0.1) is 10.1 Å². The second kappa shape index (κ2) is 4.70. The zero-order chi connectivity index (χ0) is 12.5. The number of nitro benzene ring substituents is 1. The molecule has 3 nitrogen and oxygen atoms in total. The normalized spacial score (nSPS) is 11.6. The topological polar surface area (TPSA) is 43.1 Å². The maximum absolute atomic E-state index is 12.5. The Labute approximate surface area is 105 Å². The summed E-state index contributed by atoms with van der Waals surface area (Å²) in [6, 6.07) is 1.62. The molecule has 0 aliphatic rings. The highest BCUT2D eigenvalue weighted by Crippen LogP contribution is 2.38. The quantitative estimate of drug-likeness (QED) is 0.448. The zero-order valence-electron chi connectivity index (χ0n) is 7.52. The molecule has 0 unspecified atom stereocenters. The molecule has 0 saturated heterocycles. The van der Waals surface area contributed by atoms with E-state index < -0.39 is 16.7 Å². The Morgan fingerprint density at radius 1 is 1.38 bits per heavy atom. The first-order valence-electron chi connectivity index (χ1n) is 3.87. The van der Waals surface area contributed by atoms with Gasteiger partial charge in [0.05, 0.1) is 15.0 Å². The van der Waals surface area contributed by atoms with Crippen molar-refractivity contribution in [1.82, 2.24) is 0 Å². The minimum absolute atomic E-state index is 0.101. The van der Waals surface area contributed by atoms with Crippen LogP contribution in [-0.2, 0) is 11.5 Å². The monoisotopic (exact) mass is 361 g/mol. The smallest absolute Gasteiger partial charge is 0.258 e. The van der Waals surface area contributed by atoms with Gasteiger partial charge in [-0.25, -0.2) is 0 Å². The van der Waals surface area contributed by atoms with Gasteiger partial charge in [0, 0.05) is 11.4 Å². The third kappa shape index (κ3) is 2.73. The summed E-state index contributed by atoms with van der Waals surface area (Å²) in [4.78, 5) is 9.79. The van der Waals surface area contributed by atoms with E-state index >= 15 is 0 Å². The van der Waals surface area contributed by atoms with Crippen LogP contribution in [0.5, 0.6) is 0 Å². The largest absolute Gasteiger partial charge is 0.416 e. The Hall–Kier alpha value is -0.630. The van der Waals surface area contributed by atoms with Crippen LogP contribution in [0.25, 0.3) is 0 Å². The third-order valence-corrected chi connectivity index (χ3v) is 3.06. The van der Waals surface area contributed by atoms with Gasteiger partial charge in [-0.3, -0.25) is 10.1 Å². The minimum atomic E-state index is -4.53. The van der Waals surface area contributed by atoms with Crippen molar-refractivity contribution in [2.75, 3.05) is 0 Å². The van der Waals surface area contributed by atoms with E-state index in [1.165, 1.54) is 0 Å². The molecular formula is C8H4Br2F3NO2. The van der Waals surface area contributed by atoms with Crippen molar-refractivity contribution in [2.45, 2.75) is 11.5 Å². The lowest BCUT2D eigenvalue weighted by Crippen LogP contribution is -2.09. The molecule has 0 heterocycles. The van der Waals surface area contributed by atoms with Crippen LogP contribution in [0.2, 0.25) is 0 Å². The van der Waals surface area contributed by atoms with Crippen molar-refractivity contribution in [3.05, 3.63) is 37.8 Å². The molecule has 0 atom stereocenters. The minimum Gasteiger partial charge on any atom is -0.258 e. The van der Waals surface area contributed by atoms with Crippen LogP contribution < -0.4 is 0 Å². The van der Waals surface area contributed by atoms with E-state index in [0.29, 0.717) is 6.07 Å². The van der Waals surface area contributed by atoms with Crippen LogP contribution in [0.15, 0.2) is 16.6 Å². The standard InChI is InChI=1S/C8H4Br2F3NO2/c9-3-4-1-7(14(15)16)6(10)2-5(4)8(11,12)13/h1-2H,3H2. The van der Waals surface area contributed by atoms with E-state index in [2.05, 4.69) is 31.9 Å². The van der Waals surface area contributed by atoms with Gasteiger partial charge in [-0.15, -0.1) is 0 Å². The molecule has 1 aromatic rings. The predicted octanol–water partition coefficient (Wildman–Crippen LogP) is 4.27. The molecule has 0 radical (unpaired) electrons. The highest BCUT2D eigenvalue weighted by atomic mass is 79.9. The summed E-state index contributed by atoms with van der Waals surface area (Å²) in [5.74, 6) is 0. The number of rotatable bonds is 2. The molecule has 0 fully saturated rings. The summed E-state index contributed by atoms with van der Waals surface area (Å²) in [5.41, 5.74) is -1.44. The SMILES string of the molecule is O=[N+]([O-])c1cc(CBr)c(C(F)(F)F)cc1Br. The second-order valence-electron chi connectivity index (χ2n) is 2.85. The predicted molar refractivity (Wildman–Crippen MR) is 58.4 cm³/mol. The Kier molecular flexibility index (Phi) is 3.95. The van der Waals surface area contributed by atoms with Gasteiger partial charge >= 0.3 is 6.18 Å². The lowest BCUT2D eigenvalue weighted by Gasteiger charge is -2.11. The number of hydrogen-bond acceptors (Lipinski definition) is 2. The molecule has 0 bridgehead atoms. The molecular weight excluding hydrogens is 359 g/mol. The fraction of sp³-hybridized carbons (Fsp3) is 0.250. The van der Waals surface area contributed by atoms with E-state index in [1.54, 1.807) is 0 Å². The summed E-state index contributed by atoms with van der Waals surface area (Å²) in [5, 5.41) is 10.4. The van der Waals surface area contributed by atoms with E-state index in [0.717, 1.165) is 6.07 Å². The van der Waals surface area contributed by atoms with Crippen LogP contribution in [0.4, 0.5) is 18.9 Å². The van der Waals surface area contributed by atoms with Crippen LogP contribution in [-0.4, -0.2) is 4.92 Å². The second-order valence-corrected chi connectivity index (χ2v) is 4.26. The zero-order valence-corrected chi connectivity index (χ0v) is 10.7. The fourth-order valence-electron chi connectivity index (χ4n) is 1.12. The van der Waals surface area contributed by atoms with Crippen molar-refractivity contribution < 1.29 is 18.1 Å². The molecule has 1 rings (SSSR count). The Morgan fingerprint density at radius 2 is 1.94 bits per heavy atom. The third-order valence-electron chi connectivity index (χ3n) is 1.82. The Bertz CT molecular complexity index is 434. The van der Waals surface area contributed by atoms with Crippen LogP contribution >= 0.6 is 31.9 Å². The fourth-order valence-corrected chi connectivity index (χ4v) is 2.07. The molecule has 88 valence electrons. The molecule has 16 heavy (non-hydrogen) atoms. The van der Waals surface area contributed by atoms with Gasteiger partial charge in [0.2, 0.25) is 0 Å². The summed E-state index contributed by atoms with van der Waals surface area (Å²) in [6.07, 6.45) is -4.53. The summed E-state index contributed by atoms with van der Waals surface area (Å²) in [6.45, 7) is 0. The van der Waals surface area contributed by atoms with E-state index in [-0.39, 0.29) is 21.1 Å². The highest BCUT2D eigenvalue weighted by molar-refractivity contribution is 9.10. The number of nitrogens with zero attached hydrogens (tertiary/aromatic N) is 1. The average molecular weight is 363 g/mol. The van der Waals surface area contributed by atoms with Crippen molar-refractivity contribution in [2.24, 2.45) is 0 Å². The molecule has 8 heteroatoms. The summed E-state index contributed by atoms with van der Waals surface area (Å²) in [7, 11) is 0. The van der Waals surface area contributed by atoms with Crippen LogP contribution in [0.1, 0.15) is 11.1 Å². The number of halogens is 5. The summed E-state index contributed by atoms with van der Waals surface area (Å²) < 4.78 is 37.4. The Morgan fingerprint density at radius 3 is 2.31 bits per heavy atom. The van der Waals surface area contributed by atoms with Crippen molar-refractivity contribution in [3.8, 4) is 0 Å². The first-order valence-corrected chi connectivity index (χ1v) is 5.78. The van der Waals surface area contributed by atoms with E-state index in [9.17, 15) is 23.3 Å². The van der Waals surface area contributed by atoms with Gasteiger partial charge in [0.1, 0.15) is 0 Å². The Balaban J connectivity index is 3.44. The number of benzene rings is 1. The molecule has 0 saturated carbocycles. The summed E-state index contributed by atoms with van der Waals surface area (Å²) >= 11 is 5.62. The molecule has 0 spiro atoms. The maximum Gasteiger partial charge on any atom is 0.416 e. The molecule has 0 aliphatic carbocycles. The van der Waals surface area contributed by atoms with Crippen molar-refractivity contribution in [3.63, 3.8) is 0 Å². The number of alkyl halides is 4. The number of hydrogen-bond donors (Lipinski definition) is 0. The van der Waals surface area contributed by atoms with E-state index in [4.69, 9.17) is 0 Å². The average Bonchev–Trinajstić information content (AvgIpc) is 2.15. The van der Waals surface area contributed by atoms with Gasteiger partial charge in [0.25, 0.3) is 5.69 Å². The highest BCUT2D eigenvalue weighted by Gasteiger charge is 2.35. The maximum atomic E-state index is 12.5. The molecule has 0 N–H and O–H groups in total. The van der Waals surface area contributed by atoms with Crippen LogP contribution in [0.3, 0.4) is 0 Å². The first-order chi connectivity index (χ1) is 7.27. The first kappa shape index (κ1) is 13.4. The molecule has 0 amide bonds. The lowest BCUT2D eigenvalue weighted by molar-refractivity contribution is -0.385.